The van der Waals surface area contributed by atoms with Gasteiger partial charge in [-0.3, -0.25) is 0 Å². The monoisotopic (exact) mass is 227 g/mol. The van der Waals surface area contributed by atoms with E-state index in [1.807, 2.05) is 4.90 Å². The highest BCUT2D eigenvalue weighted by Crippen LogP contribution is 2.15. The second kappa shape index (κ2) is 5.01. The molecular formula is C11H21N3O2. The predicted octanol–water partition coefficient (Wildman–Crippen LogP) is 0.154. The van der Waals surface area contributed by atoms with Gasteiger partial charge in [-0.15, -0.1) is 0 Å². The predicted molar refractivity (Wildman–Crippen MR) is 61.1 cm³/mol. The minimum atomic E-state index is 0.0116. The first-order valence-corrected chi connectivity index (χ1v) is 6.04. The quantitative estimate of drug-likeness (QED) is 0.670. The Morgan fingerprint density at radius 2 is 2.31 bits per heavy atom. The zero-order valence-electron chi connectivity index (χ0n) is 9.82. The molecule has 0 aromatic rings. The Kier molecular flexibility index (Phi) is 3.66. The smallest absolute Gasteiger partial charge is 0.317 e. The van der Waals surface area contributed by atoms with Crippen LogP contribution in [0.5, 0.6) is 0 Å². The van der Waals surface area contributed by atoms with Crippen LogP contribution in [0.15, 0.2) is 0 Å². The van der Waals surface area contributed by atoms with Crippen molar-refractivity contribution in [3.8, 4) is 0 Å². The molecule has 16 heavy (non-hydrogen) atoms. The highest BCUT2D eigenvalue weighted by atomic mass is 16.5. The van der Waals surface area contributed by atoms with Crippen molar-refractivity contribution < 1.29 is 9.53 Å². The summed E-state index contributed by atoms with van der Waals surface area (Å²) in [6.07, 6.45) is 1.93. The number of likely N-dealkylation sites (tertiary alicyclic amines) is 1. The van der Waals surface area contributed by atoms with Gasteiger partial charge in [-0.05, 0) is 18.8 Å². The minimum absolute atomic E-state index is 0.0116. The summed E-state index contributed by atoms with van der Waals surface area (Å²) < 4.78 is 5.23. The van der Waals surface area contributed by atoms with Crippen LogP contribution in [-0.2, 0) is 4.74 Å². The Hall–Kier alpha value is -0.810. The molecule has 5 heteroatoms. The van der Waals surface area contributed by atoms with E-state index in [-0.39, 0.29) is 18.1 Å². The van der Waals surface area contributed by atoms with Crippen LogP contribution in [0.3, 0.4) is 0 Å². The SMILES string of the molecule is CC1CC(N)CN(C(=O)NC2CCOC2)C1. The summed E-state index contributed by atoms with van der Waals surface area (Å²) >= 11 is 0. The summed E-state index contributed by atoms with van der Waals surface area (Å²) in [6, 6.07) is 0.313. The lowest BCUT2D eigenvalue weighted by molar-refractivity contribution is 0.153. The molecule has 2 aliphatic heterocycles. The van der Waals surface area contributed by atoms with E-state index in [1.54, 1.807) is 0 Å². The van der Waals surface area contributed by atoms with E-state index in [0.717, 1.165) is 26.0 Å². The number of nitrogens with one attached hydrogen (secondary N) is 1. The first-order chi connectivity index (χ1) is 7.65. The number of carbonyl (C=O) groups is 1. The fraction of sp³-hybridized carbons (Fsp3) is 0.909. The molecule has 3 unspecified atom stereocenters. The van der Waals surface area contributed by atoms with Crippen LogP contribution in [-0.4, -0.2) is 49.3 Å². The summed E-state index contributed by atoms with van der Waals surface area (Å²) in [7, 11) is 0. The van der Waals surface area contributed by atoms with Crippen LogP contribution in [0, 0.1) is 5.92 Å². The second-order valence-corrected chi connectivity index (χ2v) is 5.02. The van der Waals surface area contributed by atoms with E-state index in [0.29, 0.717) is 19.1 Å². The van der Waals surface area contributed by atoms with Crippen molar-refractivity contribution >= 4 is 6.03 Å². The van der Waals surface area contributed by atoms with Gasteiger partial charge in [-0.1, -0.05) is 6.92 Å². The minimum Gasteiger partial charge on any atom is -0.379 e. The summed E-state index contributed by atoms with van der Waals surface area (Å²) in [5.74, 6) is 0.495. The van der Waals surface area contributed by atoms with Crippen molar-refractivity contribution in [3.05, 3.63) is 0 Å². The summed E-state index contributed by atoms with van der Waals surface area (Å²) in [5.41, 5.74) is 5.92. The largest absolute Gasteiger partial charge is 0.379 e. The van der Waals surface area contributed by atoms with Crippen molar-refractivity contribution in [2.45, 2.75) is 31.8 Å². The zero-order valence-corrected chi connectivity index (χ0v) is 9.82. The Labute approximate surface area is 96.3 Å². The second-order valence-electron chi connectivity index (χ2n) is 5.02. The van der Waals surface area contributed by atoms with Crippen LogP contribution in [0.25, 0.3) is 0 Å². The molecule has 2 rings (SSSR count). The van der Waals surface area contributed by atoms with Gasteiger partial charge in [0, 0.05) is 25.7 Å². The van der Waals surface area contributed by atoms with Gasteiger partial charge in [-0.2, -0.15) is 0 Å². The Balaban J connectivity index is 1.83. The molecule has 2 aliphatic rings. The number of piperidine rings is 1. The standard InChI is InChI=1S/C11H21N3O2/c1-8-4-9(12)6-14(5-8)11(15)13-10-2-3-16-7-10/h8-10H,2-7,12H2,1H3,(H,13,15). The van der Waals surface area contributed by atoms with Gasteiger partial charge in [0.25, 0.3) is 0 Å². The molecule has 0 radical (unpaired) electrons. The highest BCUT2D eigenvalue weighted by molar-refractivity contribution is 5.74. The van der Waals surface area contributed by atoms with E-state index in [2.05, 4.69) is 12.2 Å². The number of carbonyl (C=O) groups excluding carboxylic acids is 1. The van der Waals surface area contributed by atoms with Crippen molar-refractivity contribution in [3.63, 3.8) is 0 Å². The molecule has 0 aromatic heterocycles. The lowest BCUT2D eigenvalue weighted by Crippen LogP contribution is -2.53. The Morgan fingerprint density at radius 1 is 1.50 bits per heavy atom. The number of ether oxygens (including phenoxy) is 1. The summed E-state index contributed by atoms with van der Waals surface area (Å²) in [4.78, 5) is 13.8. The van der Waals surface area contributed by atoms with Crippen LogP contribution < -0.4 is 11.1 Å². The highest BCUT2D eigenvalue weighted by Gasteiger charge is 2.27. The normalized spacial score (nSPS) is 35.1. The molecule has 2 amide bonds. The third-order valence-corrected chi connectivity index (χ3v) is 3.24. The maximum atomic E-state index is 11.9. The third kappa shape index (κ3) is 2.86. The van der Waals surface area contributed by atoms with E-state index in [4.69, 9.17) is 10.5 Å². The molecule has 0 aromatic carbocycles. The lowest BCUT2D eigenvalue weighted by Gasteiger charge is -2.35. The molecule has 2 heterocycles. The molecule has 2 fully saturated rings. The molecular weight excluding hydrogens is 206 g/mol. The van der Waals surface area contributed by atoms with Gasteiger partial charge in [0.05, 0.1) is 12.6 Å². The van der Waals surface area contributed by atoms with Gasteiger partial charge < -0.3 is 20.7 Å². The van der Waals surface area contributed by atoms with Crippen molar-refractivity contribution in [2.24, 2.45) is 11.7 Å². The molecule has 5 nitrogen and oxygen atoms in total. The number of hydrogen-bond donors (Lipinski definition) is 2. The lowest BCUT2D eigenvalue weighted by atomic mass is 9.97. The number of nitrogens with zero attached hydrogens (tertiary/aromatic N) is 1. The van der Waals surface area contributed by atoms with Crippen molar-refractivity contribution in [1.29, 1.82) is 0 Å². The van der Waals surface area contributed by atoms with E-state index in [1.165, 1.54) is 0 Å². The van der Waals surface area contributed by atoms with Crippen LogP contribution in [0.1, 0.15) is 19.8 Å². The molecule has 0 bridgehead atoms. The Bertz CT molecular complexity index is 244. The van der Waals surface area contributed by atoms with Gasteiger partial charge in [0.15, 0.2) is 0 Å². The molecule has 0 aliphatic carbocycles. The van der Waals surface area contributed by atoms with Crippen LogP contribution in [0.2, 0.25) is 0 Å². The fourth-order valence-electron chi connectivity index (χ4n) is 2.48. The van der Waals surface area contributed by atoms with E-state index < -0.39 is 0 Å². The topological polar surface area (TPSA) is 67.6 Å². The molecule has 3 N–H and O–H groups in total. The van der Waals surface area contributed by atoms with Gasteiger partial charge in [-0.25, -0.2) is 4.79 Å². The van der Waals surface area contributed by atoms with Crippen molar-refractivity contribution in [1.82, 2.24) is 10.2 Å². The summed E-state index contributed by atoms with van der Waals surface area (Å²) in [6.45, 7) is 5.01. The number of amides is 2. The molecule has 0 saturated carbocycles. The molecule has 3 atom stereocenters. The maximum absolute atomic E-state index is 11.9. The first kappa shape index (κ1) is 11.7. The molecule has 0 spiro atoms. The summed E-state index contributed by atoms with van der Waals surface area (Å²) in [5, 5.41) is 3.00. The number of urea groups is 1. The number of nitrogens with two attached hydrogens (primary N) is 1. The van der Waals surface area contributed by atoms with Crippen LogP contribution >= 0.6 is 0 Å². The van der Waals surface area contributed by atoms with E-state index >= 15 is 0 Å². The van der Waals surface area contributed by atoms with Gasteiger partial charge >= 0.3 is 6.03 Å². The van der Waals surface area contributed by atoms with Crippen molar-refractivity contribution in [2.75, 3.05) is 26.3 Å². The number of hydrogen-bond acceptors (Lipinski definition) is 3. The average molecular weight is 227 g/mol. The average Bonchev–Trinajstić information content (AvgIpc) is 2.68. The molecule has 2 saturated heterocycles. The fourth-order valence-corrected chi connectivity index (χ4v) is 2.48. The van der Waals surface area contributed by atoms with Crippen LogP contribution in [0.4, 0.5) is 4.79 Å². The van der Waals surface area contributed by atoms with E-state index in [9.17, 15) is 4.79 Å². The zero-order chi connectivity index (χ0) is 11.5. The molecule has 92 valence electrons. The van der Waals surface area contributed by atoms with Gasteiger partial charge in [0.1, 0.15) is 0 Å². The maximum Gasteiger partial charge on any atom is 0.317 e. The third-order valence-electron chi connectivity index (χ3n) is 3.24. The first-order valence-electron chi connectivity index (χ1n) is 6.04. The van der Waals surface area contributed by atoms with Gasteiger partial charge in [0.2, 0.25) is 0 Å². The Morgan fingerprint density at radius 3 is 2.94 bits per heavy atom. The number of rotatable bonds is 1.